The minimum atomic E-state index is -0.364. The van der Waals surface area contributed by atoms with Crippen molar-refractivity contribution in [2.45, 2.75) is 46.1 Å². The number of amides is 1. The molecule has 0 bridgehead atoms. The molecule has 7 heteroatoms. The third-order valence-corrected chi connectivity index (χ3v) is 2.79. The second-order valence-corrected chi connectivity index (χ2v) is 4.67. The van der Waals surface area contributed by atoms with Gasteiger partial charge in [0.05, 0.1) is 6.61 Å². The van der Waals surface area contributed by atoms with Gasteiger partial charge in [0.15, 0.2) is 5.82 Å². The highest BCUT2D eigenvalue weighted by Crippen LogP contribution is 2.07. The van der Waals surface area contributed by atoms with Gasteiger partial charge in [-0.3, -0.25) is 9.59 Å². The van der Waals surface area contributed by atoms with Crippen molar-refractivity contribution in [3.05, 3.63) is 11.8 Å². The molecule has 1 aromatic heterocycles. The maximum atomic E-state index is 11.7. The second-order valence-electron chi connectivity index (χ2n) is 4.67. The first kappa shape index (κ1) is 17.2. The number of hydrogen-bond acceptors (Lipinski definition) is 6. The van der Waals surface area contributed by atoms with Crippen molar-refractivity contribution >= 4 is 17.7 Å². The predicted molar refractivity (Wildman–Crippen MR) is 77.8 cm³/mol. The number of anilines is 1. The molecule has 1 rings (SSSR count). The summed E-state index contributed by atoms with van der Waals surface area (Å²) in [7, 11) is 0. The molecule has 1 amide bonds. The largest absolute Gasteiger partial charge is 0.465 e. The van der Waals surface area contributed by atoms with Gasteiger partial charge in [-0.2, -0.15) is 0 Å². The van der Waals surface area contributed by atoms with E-state index >= 15 is 0 Å². The lowest BCUT2D eigenvalue weighted by atomic mass is 10.1. The summed E-state index contributed by atoms with van der Waals surface area (Å²) in [6, 6.07) is 1.28. The van der Waals surface area contributed by atoms with Crippen LogP contribution >= 0.6 is 0 Å². The molecule has 1 atom stereocenters. The van der Waals surface area contributed by atoms with E-state index in [1.54, 1.807) is 19.9 Å². The number of rotatable bonds is 9. The molecule has 7 nitrogen and oxygen atoms in total. The van der Waals surface area contributed by atoms with Crippen molar-refractivity contribution in [3.63, 3.8) is 0 Å². The van der Waals surface area contributed by atoms with E-state index < -0.39 is 0 Å². The van der Waals surface area contributed by atoms with Gasteiger partial charge in [0.1, 0.15) is 11.8 Å². The molecule has 0 saturated carbocycles. The molecule has 0 saturated heterocycles. The van der Waals surface area contributed by atoms with E-state index in [-0.39, 0.29) is 24.3 Å². The van der Waals surface area contributed by atoms with Gasteiger partial charge >= 0.3 is 5.97 Å². The topological polar surface area (TPSA) is 93.5 Å². The van der Waals surface area contributed by atoms with E-state index in [4.69, 9.17) is 9.26 Å². The number of esters is 1. The molecule has 0 aliphatic carbocycles. The number of nitrogens with one attached hydrogen (secondary N) is 2. The standard InChI is InChI=1S/C14H23N3O4/c1-4-6-11(14(19)20-5-2)15-8-7-13(18)16-12-9-10(3)21-17-12/h9,11,15H,4-8H2,1-3H3,(H,16,17,18). The number of aromatic nitrogens is 1. The summed E-state index contributed by atoms with van der Waals surface area (Å²) in [5.41, 5.74) is 0. The molecule has 1 aromatic rings. The van der Waals surface area contributed by atoms with E-state index in [0.29, 0.717) is 31.2 Å². The molecule has 0 aliphatic heterocycles. The van der Waals surface area contributed by atoms with Crippen LogP contribution in [0.5, 0.6) is 0 Å². The van der Waals surface area contributed by atoms with Crippen LogP contribution in [0.1, 0.15) is 38.9 Å². The number of aryl methyl sites for hydroxylation is 1. The molecular weight excluding hydrogens is 274 g/mol. The SMILES string of the molecule is CCCC(NCCC(=O)Nc1cc(C)on1)C(=O)OCC. The van der Waals surface area contributed by atoms with Gasteiger partial charge in [-0.15, -0.1) is 0 Å². The van der Waals surface area contributed by atoms with E-state index in [9.17, 15) is 9.59 Å². The van der Waals surface area contributed by atoms with Crippen LogP contribution < -0.4 is 10.6 Å². The summed E-state index contributed by atoms with van der Waals surface area (Å²) in [5, 5.41) is 9.35. The highest BCUT2D eigenvalue weighted by atomic mass is 16.5. The van der Waals surface area contributed by atoms with E-state index in [0.717, 1.165) is 6.42 Å². The zero-order valence-electron chi connectivity index (χ0n) is 12.8. The minimum absolute atomic E-state index is 0.185. The molecule has 1 unspecified atom stereocenters. The zero-order chi connectivity index (χ0) is 15.7. The fourth-order valence-electron chi connectivity index (χ4n) is 1.83. The van der Waals surface area contributed by atoms with Gasteiger partial charge < -0.3 is 19.9 Å². The Morgan fingerprint density at radius 2 is 2.19 bits per heavy atom. The summed E-state index contributed by atoms with van der Waals surface area (Å²) < 4.78 is 9.84. The van der Waals surface area contributed by atoms with Crippen LogP contribution in [0.25, 0.3) is 0 Å². The van der Waals surface area contributed by atoms with Crippen molar-refractivity contribution in [1.29, 1.82) is 0 Å². The highest BCUT2D eigenvalue weighted by molar-refractivity contribution is 5.89. The third-order valence-electron chi connectivity index (χ3n) is 2.79. The van der Waals surface area contributed by atoms with Crippen LogP contribution in [0.3, 0.4) is 0 Å². The Labute approximate surface area is 124 Å². The number of nitrogens with zero attached hydrogens (tertiary/aromatic N) is 1. The fourth-order valence-corrected chi connectivity index (χ4v) is 1.83. The Morgan fingerprint density at radius 3 is 2.76 bits per heavy atom. The first-order valence-corrected chi connectivity index (χ1v) is 7.20. The Morgan fingerprint density at radius 1 is 1.43 bits per heavy atom. The monoisotopic (exact) mass is 297 g/mol. The smallest absolute Gasteiger partial charge is 0.323 e. The lowest BCUT2D eigenvalue weighted by Crippen LogP contribution is -2.39. The summed E-state index contributed by atoms with van der Waals surface area (Å²) >= 11 is 0. The van der Waals surface area contributed by atoms with Crippen molar-refractivity contribution in [3.8, 4) is 0 Å². The van der Waals surface area contributed by atoms with E-state index in [1.165, 1.54) is 0 Å². The van der Waals surface area contributed by atoms with Crippen LogP contribution in [0.2, 0.25) is 0 Å². The molecule has 2 N–H and O–H groups in total. The summed E-state index contributed by atoms with van der Waals surface area (Å²) in [5.74, 6) is 0.573. The van der Waals surface area contributed by atoms with Gasteiger partial charge in [-0.25, -0.2) is 0 Å². The van der Waals surface area contributed by atoms with Crippen LogP contribution in [-0.4, -0.2) is 36.2 Å². The van der Waals surface area contributed by atoms with Crippen LogP contribution in [0.4, 0.5) is 5.82 Å². The predicted octanol–water partition coefficient (Wildman–Crippen LogP) is 1.63. The van der Waals surface area contributed by atoms with Crippen molar-refractivity contribution in [2.24, 2.45) is 0 Å². The average molecular weight is 297 g/mol. The molecular formula is C14H23N3O4. The van der Waals surface area contributed by atoms with Gasteiger partial charge in [-0.1, -0.05) is 18.5 Å². The maximum Gasteiger partial charge on any atom is 0.323 e. The van der Waals surface area contributed by atoms with E-state index in [1.807, 2.05) is 6.92 Å². The quantitative estimate of drug-likeness (QED) is 0.673. The molecule has 1 heterocycles. The molecule has 0 aromatic carbocycles. The lowest BCUT2D eigenvalue weighted by molar-refractivity contribution is -0.146. The van der Waals surface area contributed by atoms with Crippen LogP contribution in [-0.2, 0) is 14.3 Å². The highest BCUT2D eigenvalue weighted by Gasteiger charge is 2.18. The zero-order valence-corrected chi connectivity index (χ0v) is 12.8. The lowest BCUT2D eigenvalue weighted by Gasteiger charge is -2.16. The van der Waals surface area contributed by atoms with Crippen LogP contribution in [0.15, 0.2) is 10.6 Å². The third kappa shape index (κ3) is 6.40. The van der Waals surface area contributed by atoms with Crippen molar-refractivity contribution in [1.82, 2.24) is 10.5 Å². The fraction of sp³-hybridized carbons (Fsp3) is 0.643. The summed E-state index contributed by atoms with van der Waals surface area (Å²) in [6.45, 7) is 6.26. The Bertz CT molecular complexity index is 459. The molecule has 21 heavy (non-hydrogen) atoms. The summed E-state index contributed by atoms with van der Waals surface area (Å²) in [4.78, 5) is 23.4. The Balaban J connectivity index is 2.32. The van der Waals surface area contributed by atoms with Crippen molar-refractivity contribution < 1.29 is 18.8 Å². The molecule has 0 aliphatic rings. The maximum absolute atomic E-state index is 11.7. The van der Waals surface area contributed by atoms with Gasteiger partial charge in [0.25, 0.3) is 0 Å². The Kier molecular flexibility index (Phi) is 7.45. The first-order chi connectivity index (χ1) is 10.1. The van der Waals surface area contributed by atoms with Gasteiger partial charge in [0, 0.05) is 19.0 Å². The summed E-state index contributed by atoms with van der Waals surface area (Å²) in [6.07, 6.45) is 1.79. The van der Waals surface area contributed by atoms with Gasteiger partial charge in [0.2, 0.25) is 5.91 Å². The normalized spacial score (nSPS) is 12.0. The van der Waals surface area contributed by atoms with Gasteiger partial charge in [-0.05, 0) is 20.3 Å². The molecule has 118 valence electrons. The second kappa shape index (κ2) is 9.12. The van der Waals surface area contributed by atoms with Crippen molar-refractivity contribution in [2.75, 3.05) is 18.5 Å². The molecule has 0 radical (unpaired) electrons. The minimum Gasteiger partial charge on any atom is -0.465 e. The van der Waals surface area contributed by atoms with Crippen LogP contribution in [0, 0.1) is 6.92 Å². The molecule has 0 spiro atoms. The Hall–Kier alpha value is -1.89. The number of carbonyl (C=O) groups excluding carboxylic acids is 2. The molecule has 0 fully saturated rings. The number of carbonyl (C=O) groups is 2. The number of hydrogen-bond donors (Lipinski definition) is 2. The van der Waals surface area contributed by atoms with E-state index in [2.05, 4.69) is 15.8 Å². The first-order valence-electron chi connectivity index (χ1n) is 7.20. The average Bonchev–Trinajstić information content (AvgIpc) is 2.83. The number of ether oxygens (including phenoxy) is 1.